The summed E-state index contributed by atoms with van der Waals surface area (Å²) in [6.07, 6.45) is 1.31. The van der Waals surface area contributed by atoms with Crippen molar-refractivity contribution >= 4 is 39.3 Å². The third-order valence-corrected chi connectivity index (χ3v) is 5.17. The maximum absolute atomic E-state index is 13.5. The van der Waals surface area contributed by atoms with Crippen molar-refractivity contribution in [3.8, 4) is 17.3 Å². The van der Waals surface area contributed by atoms with E-state index in [1.807, 2.05) is 18.2 Å². The van der Waals surface area contributed by atoms with E-state index in [-0.39, 0.29) is 16.8 Å². The van der Waals surface area contributed by atoms with Crippen LogP contribution in [0.25, 0.3) is 27.8 Å². The lowest BCUT2D eigenvalue weighted by molar-refractivity contribution is -0.387. The van der Waals surface area contributed by atoms with E-state index in [0.717, 1.165) is 28.9 Å². The van der Waals surface area contributed by atoms with Crippen molar-refractivity contribution in [2.45, 2.75) is 0 Å². The largest absolute Gasteiger partial charge is 0.422 e. The van der Waals surface area contributed by atoms with Gasteiger partial charge in [0, 0.05) is 28.7 Å². The first-order chi connectivity index (χ1) is 15.0. The molecular formula is C21H11FN4O4S. The molecule has 0 aliphatic carbocycles. The zero-order valence-electron chi connectivity index (χ0n) is 15.5. The van der Waals surface area contributed by atoms with Crippen LogP contribution in [0.15, 0.2) is 69.3 Å². The highest BCUT2D eigenvalue weighted by molar-refractivity contribution is 7.11. The third kappa shape index (κ3) is 4.03. The number of halogens is 1. The standard InChI is InChI=1S/C21H11FN4O4S/c22-16-6-5-14(8-18(16)26(28)29)24-10-13(9-23)20-25-17(11-31-20)15-7-12-3-1-2-4-19(12)30-21(15)27/h1-8,10-11,24H/b13-10+. The molecule has 0 aliphatic rings. The summed E-state index contributed by atoms with van der Waals surface area (Å²) in [6, 6.07) is 14.0. The predicted molar refractivity (Wildman–Crippen MR) is 114 cm³/mol. The van der Waals surface area contributed by atoms with Crippen LogP contribution in [0.2, 0.25) is 0 Å². The first-order valence-corrected chi connectivity index (χ1v) is 9.64. The van der Waals surface area contributed by atoms with Gasteiger partial charge in [-0.25, -0.2) is 9.78 Å². The lowest BCUT2D eigenvalue weighted by Gasteiger charge is -2.02. The highest BCUT2D eigenvalue weighted by atomic mass is 32.1. The number of hydrogen-bond donors (Lipinski definition) is 1. The maximum Gasteiger partial charge on any atom is 0.345 e. The minimum absolute atomic E-state index is 0.133. The Kier molecular flexibility index (Phi) is 5.26. The molecule has 2 aromatic carbocycles. The van der Waals surface area contributed by atoms with Gasteiger partial charge < -0.3 is 9.73 Å². The van der Waals surface area contributed by atoms with Gasteiger partial charge in [0.25, 0.3) is 0 Å². The minimum atomic E-state index is -0.959. The van der Waals surface area contributed by atoms with Gasteiger partial charge in [0.05, 0.1) is 16.2 Å². The zero-order chi connectivity index (χ0) is 22.0. The summed E-state index contributed by atoms with van der Waals surface area (Å²) >= 11 is 1.15. The fourth-order valence-electron chi connectivity index (χ4n) is 2.80. The average molecular weight is 434 g/mol. The number of fused-ring (bicyclic) bond motifs is 1. The Morgan fingerprint density at radius 1 is 1.29 bits per heavy atom. The average Bonchev–Trinajstić information content (AvgIpc) is 3.24. The van der Waals surface area contributed by atoms with Crippen molar-refractivity contribution in [3.05, 3.63) is 91.5 Å². The summed E-state index contributed by atoms with van der Waals surface area (Å²) in [5.74, 6) is -0.959. The van der Waals surface area contributed by atoms with Gasteiger partial charge in [0.15, 0.2) is 0 Å². The van der Waals surface area contributed by atoms with Crippen LogP contribution in [-0.4, -0.2) is 9.91 Å². The molecule has 2 heterocycles. The van der Waals surface area contributed by atoms with Crippen molar-refractivity contribution < 1.29 is 13.7 Å². The second-order valence-electron chi connectivity index (χ2n) is 6.26. The smallest absolute Gasteiger partial charge is 0.345 e. The molecule has 0 aliphatic heterocycles. The van der Waals surface area contributed by atoms with E-state index in [1.165, 1.54) is 12.3 Å². The minimum Gasteiger partial charge on any atom is -0.422 e. The summed E-state index contributed by atoms with van der Waals surface area (Å²) in [7, 11) is 0. The van der Waals surface area contributed by atoms with Gasteiger partial charge >= 0.3 is 11.3 Å². The summed E-state index contributed by atoms with van der Waals surface area (Å²) in [5, 5.41) is 25.8. The number of para-hydroxylation sites is 1. The molecule has 0 amide bonds. The summed E-state index contributed by atoms with van der Waals surface area (Å²) in [6.45, 7) is 0. The van der Waals surface area contributed by atoms with Crippen molar-refractivity contribution in [2.24, 2.45) is 0 Å². The normalized spacial score (nSPS) is 11.3. The third-order valence-electron chi connectivity index (χ3n) is 4.30. The molecular weight excluding hydrogens is 423 g/mol. The van der Waals surface area contributed by atoms with E-state index < -0.39 is 22.1 Å². The molecule has 1 N–H and O–H groups in total. The first-order valence-electron chi connectivity index (χ1n) is 8.76. The Bertz CT molecular complexity index is 1450. The molecule has 31 heavy (non-hydrogen) atoms. The van der Waals surface area contributed by atoms with Crippen molar-refractivity contribution in [1.29, 1.82) is 5.26 Å². The number of hydrogen-bond acceptors (Lipinski definition) is 8. The molecule has 152 valence electrons. The van der Waals surface area contributed by atoms with Gasteiger partial charge in [-0.3, -0.25) is 10.1 Å². The number of allylic oxidation sites excluding steroid dienone is 1. The van der Waals surface area contributed by atoms with Gasteiger partial charge in [0.1, 0.15) is 22.2 Å². The van der Waals surface area contributed by atoms with Crippen LogP contribution in [-0.2, 0) is 0 Å². The fraction of sp³-hybridized carbons (Fsp3) is 0. The number of nitro benzene ring substituents is 1. The lowest BCUT2D eigenvalue weighted by Crippen LogP contribution is -2.02. The van der Waals surface area contributed by atoms with Gasteiger partial charge in [-0.05, 0) is 24.3 Å². The molecule has 0 bridgehead atoms. The zero-order valence-corrected chi connectivity index (χ0v) is 16.4. The van der Waals surface area contributed by atoms with Gasteiger partial charge in [0.2, 0.25) is 5.82 Å². The molecule has 0 fully saturated rings. The number of benzene rings is 2. The Morgan fingerprint density at radius 2 is 2.10 bits per heavy atom. The van der Waals surface area contributed by atoms with E-state index in [1.54, 1.807) is 23.6 Å². The number of nitrogens with zero attached hydrogens (tertiary/aromatic N) is 3. The van der Waals surface area contributed by atoms with Crippen molar-refractivity contribution in [2.75, 3.05) is 5.32 Å². The van der Waals surface area contributed by atoms with E-state index in [4.69, 9.17) is 4.42 Å². The number of nitro groups is 1. The van der Waals surface area contributed by atoms with Crippen molar-refractivity contribution in [3.63, 3.8) is 0 Å². The van der Waals surface area contributed by atoms with Crippen LogP contribution >= 0.6 is 11.3 Å². The second-order valence-corrected chi connectivity index (χ2v) is 7.12. The molecule has 8 nitrogen and oxygen atoms in total. The van der Waals surface area contributed by atoms with Crippen LogP contribution in [0.5, 0.6) is 0 Å². The summed E-state index contributed by atoms with van der Waals surface area (Å²) < 4.78 is 18.8. The molecule has 2 aromatic heterocycles. The number of nitriles is 1. The summed E-state index contributed by atoms with van der Waals surface area (Å²) in [4.78, 5) is 26.7. The molecule has 0 atom stereocenters. The number of aromatic nitrogens is 1. The Labute approximate surface area is 177 Å². The molecule has 0 saturated heterocycles. The topological polar surface area (TPSA) is 122 Å². The second kappa shape index (κ2) is 8.17. The Morgan fingerprint density at radius 3 is 2.87 bits per heavy atom. The van der Waals surface area contributed by atoms with Crippen LogP contribution in [0, 0.1) is 27.3 Å². The quantitative estimate of drug-likeness (QED) is 0.204. The van der Waals surface area contributed by atoms with Crippen LogP contribution in [0.1, 0.15) is 5.01 Å². The number of anilines is 1. The van der Waals surface area contributed by atoms with Gasteiger partial charge in [-0.1, -0.05) is 18.2 Å². The fourth-order valence-corrected chi connectivity index (χ4v) is 3.59. The number of thiazole rings is 1. The molecule has 0 unspecified atom stereocenters. The van der Waals surface area contributed by atoms with Crippen LogP contribution in [0.3, 0.4) is 0 Å². The monoisotopic (exact) mass is 434 g/mol. The molecule has 4 rings (SSSR count). The Hall–Kier alpha value is -4.36. The SMILES string of the molecule is N#C/C(=C\Nc1ccc(F)c([N+](=O)[O-])c1)c1nc(-c2cc3ccccc3oc2=O)cs1. The van der Waals surface area contributed by atoms with Crippen LogP contribution in [0.4, 0.5) is 15.8 Å². The molecule has 0 spiro atoms. The van der Waals surface area contributed by atoms with E-state index >= 15 is 0 Å². The van der Waals surface area contributed by atoms with E-state index in [2.05, 4.69) is 10.3 Å². The summed E-state index contributed by atoms with van der Waals surface area (Å²) in [5.41, 5.74) is 0.216. The number of rotatable bonds is 5. The first kappa shape index (κ1) is 19.9. The van der Waals surface area contributed by atoms with E-state index in [0.29, 0.717) is 16.3 Å². The van der Waals surface area contributed by atoms with Crippen LogP contribution < -0.4 is 10.9 Å². The molecule has 0 saturated carbocycles. The van der Waals surface area contributed by atoms with E-state index in [9.17, 15) is 24.6 Å². The lowest BCUT2D eigenvalue weighted by atomic mass is 10.1. The molecule has 0 radical (unpaired) electrons. The Balaban J connectivity index is 1.64. The maximum atomic E-state index is 13.5. The van der Waals surface area contributed by atoms with Gasteiger partial charge in [-0.2, -0.15) is 9.65 Å². The van der Waals surface area contributed by atoms with Crippen molar-refractivity contribution in [1.82, 2.24) is 4.98 Å². The number of nitrogens with one attached hydrogen (secondary N) is 1. The highest BCUT2D eigenvalue weighted by Gasteiger charge is 2.15. The van der Waals surface area contributed by atoms with Gasteiger partial charge in [-0.15, -0.1) is 11.3 Å². The molecule has 10 heteroatoms. The highest BCUT2D eigenvalue weighted by Crippen LogP contribution is 2.27. The predicted octanol–water partition coefficient (Wildman–Crippen LogP) is 4.94. The molecule has 4 aromatic rings.